The standard InChI is InChI=1S/C22H32FN5O2/c1-14(2)21-27-20(30-28-21)6-5-11-25-22(24-4)26-15(3)17-9-10-19(18(23)12-17)29-13-16-7-8-16/h9-10,12,14-16H,5-8,11,13H2,1-4H3,(H2,24,25,26). The molecule has 2 N–H and O–H groups in total. The number of aryl methyl sites for hydroxylation is 1. The molecular weight excluding hydrogens is 385 g/mol. The molecule has 0 radical (unpaired) electrons. The van der Waals surface area contributed by atoms with Gasteiger partial charge >= 0.3 is 0 Å². The molecule has 0 aliphatic heterocycles. The lowest BCUT2D eigenvalue weighted by Gasteiger charge is -2.19. The van der Waals surface area contributed by atoms with Crippen LogP contribution in [0.5, 0.6) is 5.75 Å². The summed E-state index contributed by atoms with van der Waals surface area (Å²) in [6.07, 6.45) is 3.89. The molecule has 1 aliphatic carbocycles. The number of nitrogens with zero attached hydrogens (tertiary/aromatic N) is 3. The second-order valence-corrected chi connectivity index (χ2v) is 8.11. The summed E-state index contributed by atoms with van der Waals surface area (Å²) < 4.78 is 25.2. The number of aliphatic imine (C=N–C) groups is 1. The van der Waals surface area contributed by atoms with Gasteiger partial charge in [-0.25, -0.2) is 4.39 Å². The Labute approximate surface area is 177 Å². The zero-order chi connectivity index (χ0) is 21.5. The van der Waals surface area contributed by atoms with Crippen LogP contribution in [-0.4, -0.2) is 36.3 Å². The van der Waals surface area contributed by atoms with Crippen LogP contribution in [0.25, 0.3) is 0 Å². The van der Waals surface area contributed by atoms with Crippen molar-refractivity contribution in [2.45, 2.75) is 58.4 Å². The molecule has 1 fully saturated rings. The van der Waals surface area contributed by atoms with Gasteiger partial charge in [-0.05, 0) is 49.8 Å². The Morgan fingerprint density at radius 2 is 2.13 bits per heavy atom. The van der Waals surface area contributed by atoms with Gasteiger partial charge in [-0.2, -0.15) is 4.98 Å². The predicted octanol–water partition coefficient (Wildman–Crippen LogP) is 3.98. The number of guanidine groups is 1. The largest absolute Gasteiger partial charge is 0.490 e. The van der Waals surface area contributed by atoms with Crippen LogP contribution in [0.1, 0.15) is 69.3 Å². The first-order chi connectivity index (χ1) is 14.5. The Morgan fingerprint density at radius 3 is 2.77 bits per heavy atom. The minimum atomic E-state index is -0.329. The van der Waals surface area contributed by atoms with Crippen molar-refractivity contribution in [1.82, 2.24) is 20.8 Å². The maximum absolute atomic E-state index is 14.3. The molecule has 8 heteroatoms. The summed E-state index contributed by atoms with van der Waals surface area (Å²) in [5.74, 6) is 2.89. The molecule has 30 heavy (non-hydrogen) atoms. The average molecular weight is 418 g/mol. The van der Waals surface area contributed by atoms with E-state index < -0.39 is 0 Å². The third kappa shape index (κ3) is 6.43. The van der Waals surface area contributed by atoms with E-state index in [0.717, 1.165) is 17.8 Å². The van der Waals surface area contributed by atoms with Crippen LogP contribution in [0.4, 0.5) is 4.39 Å². The lowest BCUT2D eigenvalue weighted by molar-refractivity contribution is 0.285. The Kier molecular flexibility index (Phi) is 7.65. The fourth-order valence-corrected chi connectivity index (χ4v) is 2.93. The van der Waals surface area contributed by atoms with Crippen LogP contribution >= 0.6 is 0 Å². The number of ether oxygens (including phenoxy) is 1. The molecular formula is C22H32FN5O2. The van der Waals surface area contributed by atoms with Crippen molar-refractivity contribution in [3.63, 3.8) is 0 Å². The fraction of sp³-hybridized carbons (Fsp3) is 0.591. The average Bonchev–Trinajstić information content (AvgIpc) is 3.43. The van der Waals surface area contributed by atoms with Crippen LogP contribution in [-0.2, 0) is 6.42 Å². The molecule has 1 saturated carbocycles. The number of hydrogen-bond donors (Lipinski definition) is 2. The highest BCUT2D eigenvalue weighted by molar-refractivity contribution is 5.80. The molecule has 1 aliphatic rings. The molecule has 2 aromatic rings. The van der Waals surface area contributed by atoms with Crippen LogP contribution in [0.15, 0.2) is 27.7 Å². The van der Waals surface area contributed by atoms with Crippen molar-refractivity contribution in [3.05, 3.63) is 41.3 Å². The van der Waals surface area contributed by atoms with Gasteiger partial charge in [0.15, 0.2) is 23.4 Å². The van der Waals surface area contributed by atoms with E-state index in [2.05, 4.69) is 25.8 Å². The number of aromatic nitrogens is 2. The molecule has 1 unspecified atom stereocenters. The summed E-state index contributed by atoms with van der Waals surface area (Å²) in [6, 6.07) is 5.01. The number of rotatable bonds is 10. The van der Waals surface area contributed by atoms with Crippen molar-refractivity contribution in [1.29, 1.82) is 0 Å². The van der Waals surface area contributed by atoms with Gasteiger partial charge in [-0.1, -0.05) is 25.1 Å². The first kappa shape index (κ1) is 22.1. The van der Waals surface area contributed by atoms with Gasteiger partial charge in [-0.15, -0.1) is 0 Å². The molecule has 0 spiro atoms. The highest BCUT2D eigenvalue weighted by Crippen LogP contribution is 2.30. The lowest BCUT2D eigenvalue weighted by atomic mass is 10.1. The Morgan fingerprint density at radius 1 is 1.33 bits per heavy atom. The van der Waals surface area contributed by atoms with Crippen LogP contribution < -0.4 is 15.4 Å². The third-order valence-electron chi connectivity index (χ3n) is 5.06. The Hall–Kier alpha value is -2.64. The van der Waals surface area contributed by atoms with Gasteiger partial charge in [0.1, 0.15) is 0 Å². The number of nitrogens with one attached hydrogen (secondary N) is 2. The van der Waals surface area contributed by atoms with E-state index in [1.54, 1.807) is 13.1 Å². The maximum Gasteiger partial charge on any atom is 0.226 e. The van der Waals surface area contributed by atoms with Gasteiger partial charge < -0.3 is 19.9 Å². The minimum Gasteiger partial charge on any atom is -0.490 e. The molecule has 3 rings (SSSR count). The highest BCUT2D eigenvalue weighted by atomic mass is 19.1. The van der Waals surface area contributed by atoms with Crippen molar-refractivity contribution in [3.8, 4) is 5.75 Å². The van der Waals surface area contributed by atoms with Crippen molar-refractivity contribution in [2.75, 3.05) is 20.2 Å². The Bertz CT molecular complexity index is 848. The summed E-state index contributed by atoms with van der Waals surface area (Å²) in [7, 11) is 1.71. The van der Waals surface area contributed by atoms with E-state index >= 15 is 0 Å². The van der Waals surface area contributed by atoms with Gasteiger partial charge in [0, 0.05) is 25.9 Å². The van der Waals surface area contributed by atoms with Gasteiger partial charge in [-0.3, -0.25) is 4.99 Å². The SMILES string of the molecule is CN=C(NCCCc1nc(C(C)C)no1)NC(C)c1ccc(OCC2CC2)c(F)c1. The minimum absolute atomic E-state index is 0.104. The molecule has 1 aromatic heterocycles. The smallest absolute Gasteiger partial charge is 0.226 e. The van der Waals surface area contributed by atoms with Crippen molar-refractivity contribution < 1.29 is 13.7 Å². The quantitative estimate of drug-likeness (QED) is 0.346. The van der Waals surface area contributed by atoms with Crippen molar-refractivity contribution >= 4 is 5.96 Å². The zero-order valence-electron chi connectivity index (χ0n) is 18.2. The zero-order valence-corrected chi connectivity index (χ0v) is 18.2. The van der Waals surface area contributed by atoms with Gasteiger partial charge in [0.05, 0.1) is 12.6 Å². The van der Waals surface area contributed by atoms with E-state index in [1.165, 1.54) is 18.9 Å². The van der Waals surface area contributed by atoms with Gasteiger partial charge in [0.25, 0.3) is 0 Å². The number of hydrogen-bond acceptors (Lipinski definition) is 5. The van der Waals surface area contributed by atoms with Crippen LogP contribution in [0.2, 0.25) is 0 Å². The second-order valence-electron chi connectivity index (χ2n) is 8.11. The summed E-state index contributed by atoms with van der Waals surface area (Å²) in [6.45, 7) is 7.34. The first-order valence-electron chi connectivity index (χ1n) is 10.7. The van der Waals surface area contributed by atoms with E-state index in [1.807, 2.05) is 26.8 Å². The van der Waals surface area contributed by atoms with E-state index in [0.29, 0.717) is 43.1 Å². The van der Waals surface area contributed by atoms with E-state index in [4.69, 9.17) is 9.26 Å². The van der Waals surface area contributed by atoms with Crippen molar-refractivity contribution in [2.24, 2.45) is 10.9 Å². The van der Waals surface area contributed by atoms with Crippen LogP contribution in [0.3, 0.4) is 0 Å². The molecule has 0 saturated heterocycles. The molecule has 7 nitrogen and oxygen atoms in total. The van der Waals surface area contributed by atoms with Crippen LogP contribution in [0, 0.1) is 11.7 Å². The first-order valence-corrected chi connectivity index (χ1v) is 10.7. The number of halogens is 1. The molecule has 1 aromatic carbocycles. The van der Waals surface area contributed by atoms with E-state index in [9.17, 15) is 4.39 Å². The highest BCUT2D eigenvalue weighted by Gasteiger charge is 2.22. The second kappa shape index (κ2) is 10.4. The fourth-order valence-electron chi connectivity index (χ4n) is 2.93. The molecule has 1 atom stereocenters. The summed E-state index contributed by atoms with van der Waals surface area (Å²) >= 11 is 0. The third-order valence-corrected chi connectivity index (χ3v) is 5.06. The molecule has 164 valence electrons. The topological polar surface area (TPSA) is 84.6 Å². The molecule has 0 amide bonds. The summed E-state index contributed by atoms with van der Waals surface area (Å²) in [5.41, 5.74) is 0.835. The molecule has 1 heterocycles. The summed E-state index contributed by atoms with van der Waals surface area (Å²) in [5, 5.41) is 10.5. The van der Waals surface area contributed by atoms with E-state index in [-0.39, 0.29) is 17.8 Å². The number of benzene rings is 1. The monoisotopic (exact) mass is 417 g/mol. The predicted molar refractivity (Wildman–Crippen MR) is 114 cm³/mol. The lowest BCUT2D eigenvalue weighted by Crippen LogP contribution is -2.39. The molecule has 0 bridgehead atoms. The Balaban J connectivity index is 1.43. The maximum atomic E-state index is 14.3. The summed E-state index contributed by atoms with van der Waals surface area (Å²) in [4.78, 5) is 8.62. The normalized spacial score (nSPS) is 15.3. The van der Waals surface area contributed by atoms with Gasteiger partial charge in [0.2, 0.25) is 5.89 Å².